The molecule has 0 saturated carbocycles. The topological polar surface area (TPSA) is 0 Å². The van der Waals surface area contributed by atoms with Crippen LogP contribution in [0.1, 0.15) is 37.0 Å². The van der Waals surface area contributed by atoms with Crippen LogP contribution in [0.5, 0.6) is 0 Å². The van der Waals surface area contributed by atoms with E-state index in [2.05, 4.69) is 38.6 Å². The van der Waals surface area contributed by atoms with Crippen LogP contribution in [0.2, 0.25) is 0 Å². The third kappa shape index (κ3) is 2.73. The van der Waals surface area contributed by atoms with Crippen LogP contribution in [0.15, 0.2) is 30.9 Å². The zero-order chi connectivity index (χ0) is 10.4. The van der Waals surface area contributed by atoms with E-state index in [0.717, 1.165) is 12.8 Å². The fourth-order valence-corrected chi connectivity index (χ4v) is 1.82. The predicted octanol–water partition coefficient (Wildman–Crippen LogP) is 3.93. The zero-order valence-electron chi connectivity index (χ0n) is 9.34. The second-order valence-electron chi connectivity index (χ2n) is 3.70. The van der Waals surface area contributed by atoms with Gasteiger partial charge in [-0.15, -0.1) is 6.58 Å². The molecule has 0 spiro atoms. The molecule has 0 amide bonds. The Kier molecular flexibility index (Phi) is 4.45. The predicted molar refractivity (Wildman–Crippen MR) is 63.7 cm³/mol. The lowest BCUT2D eigenvalue weighted by molar-refractivity contribution is 0.896. The molecule has 1 rings (SSSR count). The Hall–Kier alpha value is -1.04. The molecular weight excluding hydrogens is 168 g/mol. The Morgan fingerprint density at radius 3 is 2.57 bits per heavy atom. The first-order valence-corrected chi connectivity index (χ1v) is 5.53. The zero-order valence-corrected chi connectivity index (χ0v) is 9.34. The van der Waals surface area contributed by atoms with Crippen LogP contribution in [0, 0.1) is 0 Å². The average Bonchev–Trinajstić information content (AvgIpc) is 2.19. The number of rotatable bonds is 5. The van der Waals surface area contributed by atoms with Gasteiger partial charge in [0.2, 0.25) is 0 Å². The van der Waals surface area contributed by atoms with Crippen molar-refractivity contribution in [1.82, 2.24) is 0 Å². The highest BCUT2D eigenvalue weighted by atomic mass is 14.1. The summed E-state index contributed by atoms with van der Waals surface area (Å²) in [4.78, 5) is 0. The van der Waals surface area contributed by atoms with Gasteiger partial charge < -0.3 is 0 Å². The molecule has 0 unspecified atom stereocenters. The average molecular weight is 188 g/mol. The van der Waals surface area contributed by atoms with Gasteiger partial charge in [-0.3, -0.25) is 0 Å². The summed E-state index contributed by atoms with van der Waals surface area (Å²) in [5.41, 5.74) is 4.41. The summed E-state index contributed by atoms with van der Waals surface area (Å²) in [7, 11) is 0. The Labute approximate surface area is 87.7 Å². The number of aryl methyl sites for hydroxylation is 2. The third-order valence-electron chi connectivity index (χ3n) is 2.55. The maximum atomic E-state index is 3.77. The van der Waals surface area contributed by atoms with Crippen molar-refractivity contribution in [3.8, 4) is 0 Å². The Balaban J connectivity index is 2.94. The summed E-state index contributed by atoms with van der Waals surface area (Å²) in [6, 6.07) is 6.83. The third-order valence-corrected chi connectivity index (χ3v) is 2.55. The van der Waals surface area contributed by atoms with Crippen molar-refractivity contribution in [3.05, 3.63) is 47.5 Å². The molecule has 0 atom stereocenters. The van der Waals surface area contributed by atoms with Gasteiger partial charge in [-0.2, -0.15) is 0 Å². The first-order chi connectivity index (χ1) is 6.81. The first-order valence-electron chi connectivity index (χ1n) is 5.53. The number of allylic oxidation sites excluding steroid dienone is 1. The van der Waals surface area contributed by atoms with Crippen LogP contribution in [-0.2, 0) is 19.3 Å². The monoisotopic (exact) mass is 188 g/mol. The Morgan fingerprint density at radius 2 is 2.00 bits per heavy atom. The highest BCUT2D eigenvalue weighted by Gasteiger charge is 2.00. The minimum Gasteiger partial charge on any atom is -0.103 e. The van der Waals surface area contributed by atoms with Gasteiger partial charge in [0.1, 0.15) is 0 Å². The SMILES string of the molecule is C=CCc1ccc(CC)c(CCC)c1. The lowest BCUT2D eigenvalue weighted by Crippen LogP contribution is -1.94. The van der Waals surface area contributed by atoms with Crippen molar-refractivity contribution < 1.29 is 0 Å². The van der Waals surface area contributed by atoms with E-state index in [9.17, 15) is 0 Å². The summed E-state index contributed by atoms with van der Waals surface area (Å²) in [6.45, 7) is 8.23. The maximum Gasteiger partial charge on any atom is -0.0100 e. The molecule has 0 nitrogen and oxygen atoms in total. The molecule has 0 aromatic heterocycles. The second-order valence-corrected chi connectivity index (χ2v) is 3.70. The van der Waals surface area contributed by atoms with Crippen molar-refractivity contribution in [3.63, 3.8) is 0 Å². The van der Waals surface area contributed by atoms with E-state index in [1.54, 1.807) is 0 Å². The molecule has 0 fully saturated rings. The minimum atomic E-state index is 0.987. The minimum absolute atomic E-state index is 0.987. The summed E-state index contributed by atoms with van der Waals surface area (Å²) < 4.78 is 0. The quantitative estimate of drug-likeness (QED) is 0.614. The van der Waals surface area contributed by atoms with E-state index in [1.165, 1.54) is 29.5 Å². The van der Waals surface area contributed by atoms with E-state index in [4.69, 9.17) is 0 Å². The van der Waals surface area contributed by atoms with Crippen LogP contribution >= 0.6 is 0 Å². The molecule has 0 saturated heterocycles. The molecule has 0 radical (unpaired) electrons. The van der Waals surface area contributed by atoms with Crippen LogP contribution in [0.25, 0.3) is 0 Å². The molecule has 0 heterocycles. The van der Waals surface area contributed by atoms with Gasteiger partial charge >= 0.3 is 0 Å². The molecule has 0 aliphatic heterocycles. The highest BCUT2D eigenvalue weighted by molar-refractivity contribution is 5.33. The first kappa shape index (κ1) is 11.0. The van der Waals surface area contributed by atoms with Gasteiger partial charge in [-0.05, 0) is 36.0 Å². The van der Waals surface area contributed by atoms with E-state index < -0.39 is 0 Å². The summed E-state index contributed by atoms with van der Waals surface area (Å²) in [6.07, 6.45) is 6.53. The van der Waals surface area contributed by atoms with Crippen LogP contribution in [-0.4, -0.2) is 0 Å². The fraction of sp³-hybridized carbons (Fsp3) is 0.429. The maximum absolute atomic E-state index is 3.77. The molecular formula is C14H20. The van der Waals surface area contributed by atoms with E-state index in [0.29, 0.717) is 0 Å². The molecule has 0 aliphatic rings. The molecule has 1 aromatic carbocycles. The van der Waals surface area contributed by atoms with Crippen LogP contribution < -0.4 is 0 Å². The number of hydrogen-bond acceptors (Lipinski definition) is 0. The Bertz CT molecular complexity index is 297. The van der Waals surface area contributed by atoms with Crippen molar-refractivity contribution >= 4 is 0 Å². The molecule has 1 aromatic rings. The van der Waals surface area contributed by atoms with Gasteiger partial charge in [0.25, 0.3) is 0 Å². The molecule has 76 valence electrons. The van der Waals surface area contributed by atoms with Crippen LogP contribution in [0.4, 0.5) is 0 Å². The van der Waals surface area contributed by atoms with Gasteiger partial charge in [-0.1, -0.05) is 44.5 Å². The van der Waals surface area contributed by atoms with Gasteiger partial charge in [0.05, 0.1) is 0 Å². The van der Waals surface area contributed by atoms with E-state index in [1.807, 2.05) is 6.08 Å². The van der Waals surface area contributed by atoms with Gasteiger partial charge in [-0.25, -0.2) is 0 Å². The van der Waals surface area contributed by atoms with E-state index in [-0.39, 0.29) is 0 Å². The number of benzene rings is 1. The summed E-state index contributed by atoms with van der Waals surface area (Å²) >= 11 is 0. The number of hydrogen-bond donors (Lipinski definition) is 0. The molecule has 14 heavy (non-hydrogen) atoms. The largest absolute Gasteiger partial charge is 0.103 e. The lowest BCUT2D eigenvalue weighted by Gasteiger charge is -2.08. The second kappa shape index (κ2) is 5.64. The van der Waals surface area contributed by atoms with Crippen molar-refractivity contribution in [2.24, 2.45) is 0 Å². The standard InChI is InChI=1S/C14H20/c1-4-7-12-9-10-13(6-3)14(11-12)8-5-2/h4,9-11H,1,5-8H2,2-3H3. The van der Waals surface area contributed by atoms with Gasteiger partial charge in [0, 0.05) is 0 Å². The summed E-state index contributed by atoms with van der Waals surface area (Å²) in [5.74, 6) is 0. The van der Waals surface area contributed by atoms with Crippen LogP contribution in [0.3, 0.4) is 0 Å². The molecule has 0 bridgehead atoms. The smallest absolute Gasteiger partial charge is 0.0100 e. The van der Waals surface area contributed by atoms with Crippen molar-refractivity contribution in [2.75, 3.05) is 0 Å². The van der Waals surface area contributed by atoms with Crippen molar-refractivity contribution in [1.29, 1.82) is 0 Å². The summed E-state index contributed by atoms with van der Waals surface area (Å²) in [5, 5.41) is 0. The molecule has 0 N–H and O–H groups in total. The Morgan fingerprint density at radius 1 is 1.21 bits per heavy atom. The fourth-order valence-electron chi connectivity index (χ4n) is 1.82. The molecule has 0 aliphatic carbocycles. The van der Waals surface area contributed by atoms with Gasteiger partial charge in [0.15, 0.2) is 0 Å². The van der Waals surface area contributed by atoms with E-state index >= 15 is 0 Å². The highest BCUT2D eigenvalue weighted by Crippen LogP contribution is 2.15. The lowest BCUT2D eigenvalue weighted by atomic mass is 9.97. The molecule has 0 heteroatoms. The normalized spacial score (nSPS) is 10.1. The van der Waals surface area contributed by atoms with Crippen molar-refractivity contribution in [2.45, 2.75) is 39.5 Å².